The third-order valence-electron chi connectivity index (χ3n) is 10.8. The van der Waals surface area contributed by atoms with Gasteiger partial charge in [0, 0.05) is 18.9 Å². The zero-order chi connectivity index (χ0) is 36.4. The SMILES string of the molecule is CC(C)(C)[C@H](NC(=O)N[C@H](CN1C(=O)c2ccncc2C1=O)C(C)(C)C)C(=O)N1C[C@H]2[C@@H]([C@H]1C(=O)NC(CC1CC1)C(=O)C(N)=O)C2(C)C. The lowest BCUT2D eigenvalue weighted by Crippen LogP contribution is -2.62. The van der Waals surface area contributed by atoms with Crippen LogP contribution in [0, 0.1) is 34.0 Å². The molecule has 2 aliphatic heterocycles. The molecule has 3 fully saturated rings. The Morgan fingerprint density at radius 3 is 2.14 bits per heavy atom. The van der Waals surface area contributed by atoms with Crippen molar-refractivity contribution in [3.63, 3.8) is 0 Å². The summed E-state index contributed by atoms with van der Waals surface area (Å²) >= 11 is 0. The number of pyridine rings is 1. The first-order chi connectivity index (χ1) is 22.6. The summed E-state index contributed by atoms with van der Waals surface area (Å²) in [5.74, 6) is -3.83. The Kier molecular flexibility index (Phi) is 9.17. The van der Waals surface area contributed by atoms with Crippen LogP contribution in [0.15, 0.2) is 18.5 Å². The molecule has 49 heavy (non-hydrogen) atoms. The number of likely N-dealkylation sites (tertiary alicyclic amines) is 1. The van der Waals surface area contributed by atoms with Gasteiger partial charge in [-0.3, -0.25) is 38.7 Å². The number of nitrogens with zero attached hydrogens (tertiary/aromatic N) is 3. The van der Waals surface area contributed by atoms with E-state index in [4.69, 9.17) is 5.73 Å². The van der Waals surface area contributed by atoms with Crippen LogP contribution in [0.1, 0.15) is 95.4 Å². The molecule has 14 heteroatoms. The summed E-state index contributed by atoms with van der Waals surface area (Å²) < 4.78 is 0. The highest BCUT2D eigenvalue weighted by Gasteiger charge is 2.70. The molecule has 0 aromatic carbocycles. The molecule has 1 aromatic heterocycles. The number of Topliss-reactive ketones (excluding diaryl/α,β-unsaturated/α-hetero) is 1. The van der Waals surface area contributed by atoms with Gasteiger partial charge in [0.15, 0.2) is 0 Å². The van der Waals surface area contributed by atoms with Crippen LogP contribution in [0.4, 0.5) is 4.79 Å². The summed E-state index contributed by atoms with van der Waals surface area (Å²) in [7, 11) is 0. The monoisotopic (exact) mass is 679 g/mol. The van der Waals surface area contributed by atoms with Gasteiger partial charge in [-0.2, -0.15) is 0 Å². The van der Waals surface area contributed by atoms with E-state index in [9.17, 15) is 33.6 Å². The molecule has 2 saturated carbocycles. The van der Waals surface area contributed by atoms with Crippen LogP contribution in [0.5, 0.6) is 0 Å². The Hall–Kier alpha value is -4.36. The Morgan fingerprint density at radius 2 is 1.59 bits per heavy atom. The molecule has 0 bridgehead atoms. The Balaban J connectivity index is 1.32. The van der Waals surface area contributed by atoms with E-state index in [0.29, 0.717) is 13.0 Å². The van der Waals surface area contributed by atoms with E-state index in [1.165, 1.54) is 23.4 Å². The van der Waals surface area contributed by atoms with Gasteiger partial charge < -0.3 is 26.6 Å². The molecule has 7 amide bonds. The second kappa shape index (κ2) is 12.5. The average molecular weight is 680 g/mol. The normalized spacial score (nSPS) is 24.4. The highest BCUT2D eigenvalue weighted by atomic mass is 16.2. The van der Waals surface area contributed by atoms with Crippen molar-refractivity contribution in [3.8, 4) is 0 Å². The van der Waals surface area contributed by atoms with E-state index in [1.54, 1.807) is 20.8 Å². The molecule has 6 atom stereocenters. The Morgan fingerprint density at radius 1 is 0.959 bits per heavy atom. The predicted octanol–water partition coefficient (Wildman–Crippen LogP) is 1.63. The van der Waals surface area contributed by atoms with Crippen molar-refractivity contribution in [1.82, 2.24) is 30.7 Å². The number of amides is 7. The fourth-order valence-electron chi connectivity index (χ4n) is 7.32. The zero-order valence-corrected chi connectivity index (χ0v) is 29.6. The van der Waals surface area contributed by atoms with E-state index in [-0.39, 0.29) is 40.8 Å². The second-order valence-corrected chi connectivity index (χ2v) is 16.8. The zero-order valence-electron chi connectivity index (χ0n) is 29.6. The molecular formula is C35H49N7O7. The number of imide groups is 1. The van der Waals surface area contributed by atoms with Gasteiger partial charge in [0.2, 0.25) is 17.6 Å². The van der Waals surface area contributed by atoms with Gasteiger partial charge in [-0.1, -0.05) is 68.2 Å². The molecule has 5 N–H and O–H groups in total. The van der Waals surface area contributed by atoms with Gasteiger partial charge in [0.25, 0.3) is 17.7 Å². The van der Waals surface area contributed by atoms with Crippen molar-refractivity contribution in [3.05, 3.63) is 29.6 Å². The van der Waals surface area contributed by atoms with Crippen molar-refractivity contribution in [1.29, 1.82) is 0 Å². The molecule has 0 spiro atoms. The lowest BCUT2D eigenvalue weighted by molar-refractivity contribution is -0.145. The molecule has 1 aromatic rings. The summed E-state index contributed by atoms with van der Waals surface area (Å²) in [4.78, 5) is 99.1. The minimum atomic E-state index is -1.12. The molecular weight excluding hydrogens is 630 g/mol. The van der Waals surface area contributed by atoms with Crippen LogP contribution in [0.2, 0.25) is 0 Å². The molecule has 1 saturated heterocycles. The number of rotatable bonds is 11. The molecule has 2 aliphatic carbocycles. The van der Waals surface area contributed by atoms with Crippen molar-refractivity contribution in [2.45, 2.75) is 98.8 Å². The van der Waals surface area contributed by atoms with Gasteiger partial charge >= 0.3 is 6.03 Å². The van der Waals surface area contributed by atoms with Crippen molar-refractivity contribution in [2.24, 2.45) is 39.7 Å². The number of hydrogen-bond donors (Lipinski definition) is 4. The highest BCUT2D eigenvalue weighted by molar-refractivity contribution is 6.37. The fraction of sp³-hybridized carbons (Fsp3) is 0.657. The predicted molar refractivity (Wildman–Crippen MR) is 177 cm³/mol. The van der Waals surface area contributed by atoms with Crippen LogP contribution >= 0.6 is 0 Å². The van der Waals surface area contributed by atoms with Crippen LogP contribution < -0.4 is 21.7 Å². The van der Waals surface area contributed by atoms with E-state index in [0.717, 1.165) is 17.7 Å². The maximum absolute atomic E-state index is 14.4. The molecule has 266 valence electrons. The van der Waals surface area contributed by atoms with E-state index >= 15 is 0 Å². The van der Waals surface area contributed by atoms with E-state index < -0.39 is 76.3 Å². The first-order valence-corrected chi connectivity index (χ1v) is 17.0. The van der Waals surface area contributed by atoms with Gasteiger partial charge in [0.1, 0.15) is 12.1 Å². The summed E-state index contributed by atoms with van der Waals surface area (Å²) in [6, 6.07) is -2.91. The quantitative estimate of drug-likeness (QED) is 0.200. The number of aromatic nitrogens is 1. The van der Waals surface area contributed by atoms with Crippen molar-refractivity contribution < 1.29 is 33.6 Å². The van der Waals surface area contributed by atoms with Crippen LogP contribution in [-0.2, 0) is 19.2 Å². The van der Waals surface area contributed by atoms with Crippen molar-refractivity contribution in [2.75, 3.05) is 13.1 Å². The number of nitrogens with one attached hydrogen (secondary N) is 3. The number of primary amides is 1. The van der Waals surface area contributed by atoms with E-state index in [2.05, 4.69) is 20.9 Å². The number of ketones is 1. The van der Waals surface area contributed by atoms with E-state index in [1.807, 2.05) is 34.6 Å². The Labute approximate surface area is 286 Å². The van der Waals surface area contributed by atoms with Crippen LogP contribution in [-0.4, -0.2) is 93.4 Å². The molecule has 5 rings (SSSR count). The number of fused-ring (bicyclic) bond motifs is 2. The largest absolute Gasteiger partial charge is 0.363 e. The number of hydrogen-bond acceptors (Lipinski definition) is 8. The third-order valence-corrected chi connectivity index (χ3v) is 10.8. The van der Waals surface area contributed by atoms with Crippen molar-refractivity contribution >= 4 is 41.4 Å². The number of urea groups is 1. The summed E-state index contributed by atoms with van der Waals surface area (Å²) in [6.45, 7) is 15.3. The standard InChI is InChI=1S/C35H49N7O7/c1-33(2,3)22(16-42-29(46)18-11-12-37-14-19(18)30(42)47)39-32(49)40-26(34(4,5)6)31(48)41-15-20-23(35(20,7)8)24(41)28(45)38-21(13-17-9-10-17)25(43)27(36)44/h11-12,14,17,20-24,26H,9-10,13,15-16H2,1-8H3,(H2,36,44)(H,38,45)(H2,39,40,49)/t20-,21?,22+,23-,24-,26+/m0/s1. The number of carbonyl (C=O) groups is 7. The topological polar surface area (TPSA) is 201 Å². The number of piperidine rings is 1. The molecule has 1 unspecified atom stereocenters. The van der Waals surface area contributed by atoms with Gasteiger partial charge in [-0.15, -0.1) is 0 Å². The first kappa shape index (κ1) is 35.9. The third kappa shape index (κ3) is 7.04. The van der Waals surface area contributed by atoms with Gasteiger partial charge in [0.05, 0.1) is 29.8 Å². The number of nitrogens with two attached hydrogens (primary N) is 1. The smallest absolute Gasteiger partial charge is 0.315 e. The molecule has 3 heterocycles. The summed E-state index contributed by atoms with van der Waals surface area (Å²) in [5, 5.41) is 8.48. The minimum absolute atomic E-state index is 0.0375. The fourth-order valence-corrected chi connectivity index (χ4v) is 7.32. The molecule has 0 radical (unpaired) electrons. The first-order valence-electron chi connectivity index (χ1n) is 17.0. The maximum atomic E-state index is 14.4. The summed E-state index contributed by atoms with van der Waals surface area (Å²) in [5.41, 5.74) is 4.14. The van der Waals surface area contributed by atoms with Gasteiger partial charge in [-0.05, 0) is 46.5 Å². The lowest BCUT2D eigenvalue weighted by Gasteiger charge is -2.39. The molecule has 4 aliphatic rings. The highest BCUT2D eigenvalue weighted by Crippen LogP contribution is 2.65. The average Bonchev–Trinajstić information content (AvgIpc) is 3.83. The van der Waals surface area contributed by atoms with Crippen LogP contribution in [0.25, 0.3) is 0 Å². The Bertz CT molecular complexity index is 1550. The van der Waals surface area contributed by atoms with Crippen LogP contribution in [0.3, 0.4) is 0 Å². The summed E-state index contributed by atoms with van der Waals surface area (Å²) in [6.07, 6.45) is 4.90. The maximum Gasteiger partial charge on any atom is 0.315 e. The van der Waals surface area contributed by atoms with Gasteiger partial charge in [-0.25, -0.2) is 4.79 Å². The second-order valence-electron chi connectivity index (χ2n) is 16.8. The molecule has 14 nitrogen and oxygen atoms in total. The lowest BCUT2D eigenvalue weighted by atomic mass is 9.85. The number of carbonyl (C=O) groups excluding carboxylic acids is 7. The minimum Gasteiger partial charge on any atom is -0.363 e.